The van der Waals surface area contributed by atoms with Crippen LogP contribution in [-0.2, 0) is 9.39 Å². The quantitative estimate of drug-likeness (QED) is 0.765. The molecule has 1 fully saturated rings. The van der Waals surface area contributed by atoms with Crippen LogP contribution in [0.15, 0.2) is 16.5 Å². The first-order chi connectivity index (χ1) is 9.71. The topological polar surface area (TPSA) is 75.3 Å². The van der Waals surface area contributed by atoms with Crippen LogP contribution in [0, 0.1) is 0 Å². The molecule has 0 bridgehead atoms. The van der Waals surface area contributed by atoms with E-state index < -0.39 is 18.3 Å². The van der Waals surface area contributed by atoms with E-state index in [1.807, 2.05) is 6.07 Å². The highest BCUT2D eigenvalue weighted by Gasteiger charge is 2.40. The van der Waals surface area contributed by atoms with Crippen LogP contribution in [0.3, 0.4) is 0 Å². The molecule has 2 heterocycles. The summed E-state index contributed by atoms with van der Waals surface area (Å²) in [5.74, 6) is 0.692. The number of anilines is 1. The van der Waals surface area contributed by atoms with Gasteiger partial charge in [0.15, 0.2) is 5.88 Å². The second kappa shape index (κ2) is 6.00. The third kappa shape index (κ3) is 3.80. The molecular formula is C14H24BNO5. The number of hydrogen-bond acceptors (Lipinski definition) is 6. The van der Waals surface area contributed by atoms with E-state index in [4.69, 9.17) is 13.8 Å². The number of rotatable bonds is 5. The third-order valence-electron chi connectivity index (χ3n) is 4.06. The molecule has 1 aromatic rings. The van der Waals surface area contributed by atoms with Gasteiger partial charge in [0, 0.05) is 19.2 Å². The minimum Gasteiger partial charge on any atom is -0.449 e. The first-order valence-electron chi connectivity index (χ1n) is 7.21. The maximum Gasteiger partial charge on any atom is 0.529 e. The number of ether oxygens (including phenoxy) is 1. The van der Waals surface area contributed by atoms with Crippen molar-refractivity contribution in [1.82, 2.24) is 0 Å². The van der Waals surface area contributed by atoms with Gasteiger partial charge in [-0.1, -0.05) is 0 Å². The molecule has 0 radical (unpaired) electrons. The number of morpholine rings is 1. The van der Waals surface area contributed by atoms with Crippen LogP contribution in [0.5, 0.6) is 0 Å². The minimum atomic E-state index is -1.22. The average molecular weight is 297 g/mol. The molecule has 0 unspecified atom stereocenters. The average Bonchev–Trinajstić information content (AvgIpc) is 2.87. The Morgan fingerprint density at radius 3 is 2.38 bits per heavy atom. The van der Waals surface area contributed by atoms with E-state index in [1.54, 1.807) is 33.8 Å². The highest BCUT2D eigenvalue weighted by atomic mass is 16.6. The van der Waals surface area contributed by atoms with E-state index >= 15 is 0 Å². The van der Waals surface area contributed by atoms with Crippen molar-refractivity contribution in [3.05, 3.63) is 12.1 Å². The van der Waals surface area contributed by atoms with E-state index in [0.717, 1.165) is 13.1 Å². The minimum absolute atomic E-state index is 0.328. The fourth-order valence-corrected chi connectivity index (χ4v) is 1.91. The largest absolute Gasteiger partial charge is 0.529 e. The third-order valence-corrected chi connectivity index (χ3v) is 4.06. The fraction of sp³-hybridized carbons (Fsp3) is 0.714. The molecule has 2 N–H and O–H groups in total. The van der Waals surface area contributed by atoms with Crippen molar-refractivity contribution in [2.75, 3.05) is 31.2 Å². The van der Waals surface area contributed by atoms with Crippen molar-refractivity contribution in [2.45, 2.75) is 38.9 Å². The summed E-state index contributed by atoms with van der Waals surface area (Å²) < 4.78 is 16.5. The van der Waals surface area contributed by atoms with Crippen LogP contribution in [0.4, 0.5) is 5.88 Å². The molecule has 0 atom stereocenters. The summed E-state index contributed by atoms with van der Waals surface area (Å²) >= 11 is 0. The van der Waals surface area contributed by atoms with E-state index in [0.29, 0.717) is 24.8 Å². The van der Waals surface area contributed by atoms with Crippen LogP contribution in [0.2, 0.25) is 0 Å². The van der Waals surface area contributed by atoms with Crippen molar-refractivity contribution in [2.24, 2.45) is 0 Å². The van der Waals surface area contributed by atoms with Crippen LogP contribution in [0.1, 0.15) is 27.7 Å². The van der Waals surface area contributed by atoms with E-state index in [9.17, 15) is 10.1 Å². The zero-order chi connectivity index (χ0) is 15.7. The lowest BCUT2D eigenvalue weighted by atomic mass is 9.81. The van der Waals surface area contributed by atoms with Crippen molar-refractivity contribution in [3.63, 3.8) is 0 Å². The maximum absolute atomic E-state index is 10.2. The van der Waals surface area contributed by atoms with Gasteiger partial charge in [0.05, 0.1) is 24.4 Å². The molecule has 0 aromatic carbocycles. The maximum atomic E-state index is 10.2. The molecule has 0 saturated carbocycles. The summed E-state index contributed by atoms with van der Waals surface area (Å²) in [4.78, 5) is 2.06. The summed E-state index contributed by atoms with van der Waals surface area (Å²) in [6, 6.07) is 3.50. The Morgan fingerprint density at radius 2 is 1.81 bits per heavy atom. The summed E-state index contributed by atoms with van der Waals surface area (Å²) in [6.07, 6.45) is 0. The molecule has 118 valence electrons. The Morgan fingerprint density at radius 1 is 1.19 bits per heavy atom. The Labute approximate surface area is 125 Å². The van der Waals surface area contributed by atoms with Crippen LogP contribution < -0.4 is 10.6 Å². The highest BCUT2D eigenvalue weighted by molar-refractivity contribution is 6.58. The van der Waals surface area contributed by atoms with Crippen LogP contribution >= 0.6 is 0 Å². The lowest BCUT2D eigenvalue weighted by molar-refractivity contribution is -0.0986. The SMILES string of the molecule is CC(C)(O)C(C)(C)OB(O)c1ccc(N2CCOCC2)o1. The van der Waals surface area contributed by atoms with Gasteiger partial charge in [-0.15, -0.1) is 0 Å². The fourth-order valence-electron chi connectivity index (χ4n) is 1.91. The number of furan rings is 1. The van der Waals surface area contributed by atoms with Crippen molar-refractivity contribution >= 4 is 18.7 Å². The van der Waals surface area contributed by atoms with Crippen molar-refractivity contribution in [3.8, 4) is 0 Å². The van der Waals surface area contributed by atoms with Crippen molar-refractivity contribution in [1.29, 1.82) is 0 Å². The molecule has 1 aromatic heterocycles. The van der Waals surface area contributed by atoms with Gasteiger partial charge in [-0.2, -0.15) is 0 Å². The number of hydrogen-bond donors (Lipinski definition) is 2. The van der Waals surface area contributed by atoms with Crippen LogP contribution in [-0.4, -0.2) is 54.8 Å². The molecule has 6 nitrogen and oxygen atoms in total. The summed E-state index contributed by atoms with van der Waals surface area (Å²) in [7, 11) is -1.22. The van der Waals surface area contributed by atoms with E-state index in [2.05, 4.69) is 4.90 Å². The predicted molar refractivity (Wildman–Crippen MR) is 80.8 cm³/mol. The molecule has 0 aliphatic carbocycles. The first kappa shape index (κ1) is 16.4. The zero-order valence-corrected chi connectivity index (χ0v) is 13.1. The van der Waals surface area contributed by atoms with Crippen molar-refractivity contribution < 1.29 is 23.9 Å². The second-order valence-electron chi connectivity index (χ2n) is 6.31. The summed E-state index contributed by atoms with van der Waals surface area (Å²) in [6.45, 7) is 9.59. The van der Waals surface area contributed by atoms with Gasteiger partial charge in [0.2, 0.25) is 0 Å². The Bertz CT molecular complexity index is 462. The van der Waals surface area contributed by atoms with Gasteiger partial charge in [0.25, 0.3) is 0 Å². The lowest BCUT2D eigenvalue weighted by Gasteiger charge is -2.38. The Balaban J connectivity index is 2.03. The normalized spacial score (nSPS) is 17.1. The van der Waals surface area contributed by atoms with Gasteiger partial charge in [0.1, 0.15) is 5.66 Å². The zero-order valence-electron chi connectivity index (χ0n) is 13.1. The number of aliphatic hydroxyl groups is 1. The van der Waals surface area contributed by atoms with E-state index in [1.165, 1.54) is 0 Å². The standard InChI is InChI=1S/C14H24BNO5/c1-13(2,17)14(3,4)21-15(18)11-5-6-12(20-11)16-7-9-19-10-8-16/h5-6,17-18H,7-10H2,1-4H3. The van der Waals surface area contributed by atoms with Gasteiger partial charge >= 0.3 is 7.12 Å². The summed E-state index contributed by atoms with van der Waals surface area (Å²) in [5.41, 5.74) is -1.68. The Hall–Kier alpha value is -1.02. The second-order valence-corrected chi connectivity index (χ2v) is 6.31. The predicted octanol–water partition coefficient (Wildman–Crippen LogP) is 0.370. The van der Waals surface area contributed by atoms with E-state index in [-0.39, 0.29) is 0 Å². The molecule has 2 rings (SSSR count). The van der Waals surface area contributed by atoms with Gasteiger partial charge in [-0.25, -0.2) is 0 Å². The molecule has 0 amide bonds. The lowest BCUT2D eigenvalue weighted by Crippen LogP contribution is -2.53. The molecule has 7 heteroatoms. The molecule has 1 saturated heterocycles. The van der Waals surface area contributed by atoms with Gasteiger partial charge in [-0.05, 0) is 33.8 Å². The molecular weight excluding hydrogens is 273 g/mol. The smallest absolute Gasteiger partial charge is 0.449 e. The molecule has 21 heavy (non-hydrogen) atoms. The Kier molecular flexibility index (Phi) is 4.68. The van der Waals surface area contributed by atoms with Crippen LogP contribution in [0.25, 0.3) is 0 Å². The molecule has 1 aliphatic rings. The van der Waals surface area contributed by atoms with Gasteiger partial charge in [-0.3, -0.25) is 0 Å². The summed E-state index contributed by atoms with van der Waals surface area (Å²) in [5, 5.41) is 20.2. The first-order valence-corrected chi connectivity index (χ1v) is 7.21. The monoisotopic (exact) mass is 297 g/mol. The highest BCUT2D eigenvalue weighted by Crippen LogP contribution is 2.25. The molecule has 0 spiro atoms. The van der Waals surface area contributed by atoms with Gasteiger partial charge < -0.3 is 28.8 Å². The number of nitrogens with zero attached hydrogens (tertiary/aromatic N) is 1. The molecule has 1 aliphatic heterocycles.